The van der Waals surface area contributed by atoms with Crippen LogP contribution >= 0.6 is 11.3 Å². The van der Waals surface area contributed by atoms with E-state index in [-0.39, 0.29) is 5.91 Å². The number of rotatable bonds is 8. The summed E-state index contributed by atoms with van der Waals surface area (Å²) in [6, 6.07) is 10.3. The van der Waals surface area contributed by atoms with E-state index in [2.05, 4.69) is 26.3 Å². The van der Waals surface area contributed by atoms with Crippen LogP contribution < -0.4 is 0 Å². The summed E-state index contributed by atoms with van der Waals surface area (Å²) in [6.45, 7) is 7.11. The van der Waals surface area contributed by atoms with Crippen molar-refractivity contribution in [1.29, 1.82) is 0 Å². The molecule has 0 bridgehead atoms. The third kappa shape index (κ3) is 4.84. The number of fused-ring (bicyclic) bond motifs is 1. The molecule has 1 aromatic carbocycles. The lowest BCUT2D eigenvalue weighted by Gasteiger charge is -2.34. The van der Waals surface area contributed by atoms with Crippen LogP contribution in [0.25, 0.3) is 4.96 Å². The van der Waals surface area contributed by atoms with Gasteiger partial charge < -0.3 is 9.80 Å². The minimum absolute atomic E-state index is 0.0224. The maximum atomic E-state index is 13.3. The van der Waals surface area contributed by atoms with Crippen molar-refractivity contribution in [3.05, 3.63) is 58.9 Å². The van der Waals surface area contributed by atoms with Gasteiger partial charge in [-0.15, -0.1) is 11.3 Å². The number of hydrogen-bond donors (Lipinski definition) is 0. The number of piperazine rings is 1. The highest BCUT2D eigenvalue weighted by molar-refractivity contribution is 7.15. The Morgan fingerprint density at radius 3 is 2.61 bits per heavy atom. The van der Waals surface area contributed by atoms with Crippen LogP contribution in [0.4, 0.5) is 0 Å². The van der Waals surface area contributed by atoms with E-state index < -0.39 is 0 Å². The van der Waals surface area contributed by atoms with Crippen molar-refractivity contribution in [3.8, 4) is 0 Å². The number of hydrogen-bond acceptors (Lipinski definition) is 5. The van der Waals surface area contributed by atoms with E-state index in [1.165, 1.54) is 24.9 Å². The summed E-state index contributed by atoms with van der Waals surface area (Å²) in [7, 11) is 1.89. The standard InChI is InChI=1S/C24H31N5OS/c1-26(10-9-19-5-3-2-4-6-19)23(30)22-21(29-15-16-31-24(29)25-22)18-28-13-11-27(12-14-28)17-20-7-8-20/h2-6,15-16,20H,7-14,17-18H2,1H3. The highest BCUT2D eigenvalue weighted by Gasteiger charge is 2.28. The number of benzene rings is 1. The van der Waals surface area contributed by atoms with E-state index in [1.807, 2.05) is 41.7 Å². The first-order valence-corrected chi connectivity index (χ1v) is 12.2. The third-order valence-corrected chi connectivity index (χ3v) is 7.30. The van der Waals surface area contributed by atoms with Crippen molar-refractivity contribution in [1.82, 2.24) is 24.1 Å². The quantitative estimate of drug-likeness (QED) is 0.543. The van der Waals surface area contributed by atoms with Gasteiger partial charge in [0.15, 0.2) is 10.7 Å². The van der Waals surface area contributed by atoms with Crippen LogP contribution in [-0.2, 0) is 13.0 Å². The maximum absolute atomic E-state index is 13.3. The molecule has 2 aromatic heterocycles. The predicted molar refractivity (Wildman–Crippen MR) is 125 cm³/mol. The lowest BCUT2D eigenvalue weighted by molar-refractivity contribution is 0.0786. The highest BCUT2D eigenvalue weighted by Crippen LogP contribution is 2.30. The Balaban J connectivity index is 1.26. The molecule has 0 N–H and O–H groups in total. The molecule has 164 valence electrons. The summed E-state index contributed by atoms with van der Waals surface area (Å²) < 4.78 is 2.11. The van der Waals surface area contributed by atoms with Crippen molar-refractivity contribution < 1.29 is 4.79 Å². The van der Waals surface area contributed by atoms with Crippen LogP contribution in [0.3, 0.4) is 0 Å². The predicted octanol–water partition coefficient (Wildman–Crippen LogP) is 3.24. The molecule has 7 heteroatoms. The van der Waals surface area contributed by atoms with E-state index in [0.29, 0.717) is 12.2 Å². The molecule has 5 rings (SSSR count). The SMILES string of the molecule is CN(CCc1ccccc1)C(=O)c1nc2sccn2c1CN1CCN(CC2CC2)CC1. The van der Waals surface area contributed by atoms with Crippen molar-refractivity contribution in [2.75, 3.05) is 46.3 Å². The van der Waals surface area contributed by atoms with Crippen LogP contribution in [0, 0.1) is 5.92 Å². The molecule has 0 unspecified atom stereocenters. The molecule has 1 saturated heterocycles. The molecule has 1 amide bonds. The fourth-order valence-electron chi connectivity index (χ4n) is 4.39. The summed E-state index contributed by atoms with van der Waals surface area (Å²) in [5.41, 5.74) is 2.89. The first-order chi connectivity index (χ1) is 15.2. The Morgan fingerprint density at radius 1 is 1.13 bits per heavy atom. The second-order valence-electron chi connectivity index (χ2n) is 8.95. The number of nitrogens with zero attached hydrogens (tertiary/aromatic N) is 5. The Hall–Kier alpha value is -2.22. The average Bonchev–Trinajstić information content (AvgIpc) is 3.38. The largest absolute Gasteiger partial charge is 0.340 e. The summed E-state index contributed by atoms with van der Waals surface area (Å²) in [4.78, 5) is 25.8. The third-order valence-electron chi connectivity index (χ3n) is 6.54. The van der Waals surface area contributed by atoms with Crippen LogP contribution in [0.5, 0.6) is 0 Å². The van der Waals surface area contributed by atoms with Gasteiger partial charge in [-0.3, -0.25) is 14.1 Å². The number of likely N-dealkylation sites (N-methyl/N-ethyl adjacent to an activating group) is 1. The normalized spacial score (nSPS) is 18.0. The van der Waals surface area contributed by atoms with Crippen LogP contribution in [0.15, 0.2) is 41.9 Å². The molecule has 2 aliphatic rings. The molecule has 3 heterocycles. The zero-order chi connectivity index (χ0) is 21.2. The van der Waals surface area contributed by atoms with E-state index in [1.54, 1.807) is 11.3 Å². The van der Waals surface area contributed by atoms with Gasteiger partial charge in [0.2, 0.25) is 0 Å². The van der Waals surface area contributed by atoms with Gasteiger partial charge in [-0.2, -0.15) is 0 Å². The van der Waals surface area contributed by atoms with E-state index in [4.69, 9.17) is 4.98 Å². The molecule has 0 radical (unpaired) electrons. The van der Waals surface area contributed by atoms with Crippen LogP contribution in [0.1, 0.15) is 34.6 Å². The Morgan fingerprint density at radius 2 is 1.87 bits per heavy atom. The average molecular weight is 438 g/mol. The van der Waals surface area contributed by atoms with Gasteiger partial charge in [-0.25, -0.2) is 4.98 Å². The second kappa shape index (κ2) is 9.10. The van der Waals surface area contributed by atoms with Gasteiger partial charge in [0.1, 0.15) is 0 Å². The molecular weight excluding hydrogens is 406 g/mol. The Labute approximate surface area is 188 Å². The van der Waals surface area contributed by atoms with Crippen molar-refractivity contribution in [3.63, 3.8) is 0 Å². The summed E-state index contributed by atoms with van der Waals surface area (Å²) in [6.07, 6.45) is 5.72. The van der Waals surface area contributed by atoms with E-state index >= 15 is 0 Å². The molecule has 31 heavy (non-hydrogen) atoms. The highest BCUT2D eigenvalue weighted by atomic mass is 32.1. The summed E-state index contributed by atoms with van der Waals surface area (Å²) in [5, 5.41) is 2.05. The number of thiazole rings is 1. The van der Waals surface area contributed by atoms with Gasteiger partial charge in [0.25, 0.3) is 5.91 Å². The first-order valence-electron chi connectivity index (χ1n) is 11.4. The lowest BCUT2D eigenvalue weighted by atomic mass is 10.1. The number of carbonyl (C=O) groups excluding carboxylic acids is 1. The summed E-state index contributed by atoms with van der Waals surface area (Å²) in [5.74, 6) is 0.969. The van der Waals surface area contributed by atoms with Crippen LogP contribution in [0.2, 0.25) is 0 Å². The maximum Gasteiger partial charge on any atom is 0.274 e. The smallest absolute Gasteiger partial charge is 0.274 e. The fraction of sp³-hybridized carbons (Fsp3) is 0.500. The zero-order valence-corrected chi connectivity index (χ0v) is 19.1. The molecule has 3 aromatic rings. The summed E-state index contributed by atoms with van der Waals surface area (Å²) >= 11 is 1.59. The van der Waals surface area contributed by atoms with Gasteiger partial charge in [0, 0.05) is 64.4 Å². The molecule has 0 atom stereocenters. The van der Waals surface area contributed by atoms with Gasteiger partial charge in [0.05, 0.1) is 5.69 Å². The van der Waals surface area contributed by atoms with Crippen molar-refractivity contribution in [2.24, 2.45) is 5.92 Å². The molecule has 2 fully saturated rings. The zero-order valence-electron chi connectivity index (χ0n) is 18.2. The molecule has 6 nitrogen and oxygen atoms in total. The molecule has 0 spiro atoms. The van der Waals surface area contributed by atoms with Gasteiger partial charge >= 0.3 is 0 Å². The number of aromatic nitrogens is 2. The fourth-order valence-corrected chi connectivity index (χ4v) is 5.12. The molecular formula is C24H31N5OS. The van der Waals surface area contributed by atoms with Gasteiger partial charge in [-0.1, -0.05) is 30.3 Å². The second-order valence-corrected chi connectivity index (χ2v) is 9.82. The number of imidazole rings is 1. The topological polar surface area (TPSA) is 44.1 Å². The number of carbonyl (C=O) groups is 1. The Bertz CT molecular complexity index is 1020. The molecule has 1 saturated carbocycles. The van der Waals surface area contributed by atoms with Gasteiger partial charge in [-0.05, 0) is 30.7 Å². The minimum atomic E-state index is 0.0224. The van der Waals surface area contributed by atoms with Crippen molar-refractivity contribution >= 4 is 22.2 Å². The number of amides is 1. The molecule has 1 aliphatic carbocycles. The minimum Gasteiger partial charge on any atom is -0.340 e. The molecule has 1 aliphatic heterocycles. The lowest BCUT2D eigenvalue weighted by Crippen LogP contribution is -2.46. The van der Waals surface area contributed by atoms with Crippen molar-refractivity contribution in [2.45, 2.75) is 25.8 Å². The van der Waals surface area contributed by atoms with E-state index in [9.17, 15) is 4.79 Å². The Kier molecular flexibility index (Phi) is 6.07. The monoisotopic (exact) mass is 437 g/mol. The first kappa shape index (κ1) is 20.7. The van der Waals surface area contributed by atoms with E-state index in [0.717, 1.165) is 55.7 Å². The van der Waals surface area contributed by atoms with Crippen LogP contribution in [-0.4, -0.2) is 76.3 Å².